The first kappa shape index (κ1) is 17.5. The number of carbonyl (C=O) groups is 2. The topological polar surface area (TPSA) is 49.4 Å². The minimum atomic E-state index is -0.279. The highest BCUT2D eigenvalue weighted by molar-refractivity contribution is 6.33. The zero-order valence-corrected chi connectivity index (χ0v) is 14.8. The fourth-order valence-electron chi connectivity index (χ4n) is 3.01. The number of hydrogen-bond acceptors (Lipinski definition) is 2. The molecule has 1 aliphatic rings. The molecule has 0 aromatic heterocycles. The standard InChI is InChI=1S/C20H21ClN2O2/c21-17-10-3-4-11-18(17)22-19(24)15-8-7-9-16(14-15)20(25)23-12-5-1-2-6-13-23/h3-4,7-11,14H,1-2,5-6,12-13H2,(H,22,24). The van der Waals surface area contributed by atoms with Crippen LogP contribution >= 0.6 is 11.6 Å². The molecule has 130 valence electrons. The van der Waals surface area contributed by atoms with E-state index in [9.17, 15) is 9.59 Å². The molecule has 0 aliphatic carbocycles. The van der Waals surface area contributed by atoms with Crippen molar-refractivity contribution in [3.63, 3.8) is 0 Å². The Morgan fingerprint density at radius 1 is 0.880 bits per heavy atom. The smallest absolute Gasteiger partial charge is 0.255 e. The van der Waals surface area contributed by atoms with Crippen LogP contribution in [0.3, 0.4) is 0 Å². The van der Waals surface area contributed by atoms with Crippen molar-refractivity contribution in [2.45, 2.75) is 25.7 Å². The maximum atomic E-state index is 12.7. The summed E-state index contributed by atoms with van der Waals surface area (Å²) in [6, 6.07) is 13.9. The average Bonchev–Trinajstić information content (AvgIpc) is 2.92. The van der Waals surface area contributed by atoms with Crippen molar-refractivity contribution in [2.75, 3.05) is 18.4 Å². The number of nitrogens with one attached hydrogen (secondary N) is 1. The van der Waals surface area contributed by atoms with Gasteiger partial charge in [0.2, 0.25) is 0 Å². The number of likely N-dealkylation sites (tertiary alicyclic amines) is 1. The van der Waals surface area contributed by atoms with Crippen molar-refractivity contribution in [3.05, 3.63) is 64.7 Å². The van der Waals surface area contributed by atoms with E-state index in [4.69, 9.17) is 11.6 Å². The van der Waals surface area contributed by atoms with Gasteiger partial charge in [-0.3, -0.25) is 9.59 Å². The molecule has 2 amide bonds. The summed E-state index contributed by atoms with van der Waals surface area (Å²) in [4.78, 5) is 27.1. The van der Waals surface area contributed by atoms with E-state index >= 15 is 0 Å². The van der Waals surface area contributed by atoms with Crippen molar-refractivity contribution in [1.82, 2.24) is 4.90 Å². The van der Waals surface area contributed by atoms with E-state index in [2.05, 4.69) is 5.32 Å². The maximum absolute atomic E-state index is 12.7. The van der Waals surface area contributed by atoms with Crippen LogP contribution in [0.4, 0.5) is 5.69 Å². The molecular formula is C20H21ClN2O2. The summed E-state index contributed by atoms with van der Waals surface area (Å²) in [5, 5.41) is 3.27. The van der Waals surface area contributed by atoms with Crippen LogP contribution in [-0.2, 0) is 0 Å². The summed E-state index contributed by atoms with van der Waals surface area (Å²) < 4.78 is 0. The molecule has 1 saturated heterocycles. The summed E-state index contributed by atoms with van der Waals surface area (Å²) in [5.74, 6) is -0.284. The summed E-state index contributed by atoms with van der Waals surface area (Å²) in [7, 11) is 0. The van der Waals surface area contributed by atoms with E-state index in [0.717, 1.165) is 25.9 Å². The van der Waals surface area contributed by atoms with Crippen LogP contribution in [0.25, 0.3) is 0 Å². The number of rotatable bonds is 3. The van der Waals surface area contributed by atoms with Gasteiger partial charge in [-0.25, -0.2) is 0 Å². The number of halogens is 1. The molecule has 4 nitrogen and oxygen atoms in total. The van der Waals surface area contributed by atoms with Gasteiger partial charge < -0.3 is 10.2 Å². The van der Waals surface area contributed by atoms with Crippen molar-refractivity contribution < 1.29 is 9.59 Å². The summed E-state index contributed by atoms with van der Waals surface area (Å²) in [5.41, 5.74) is 1.55. The molecule has 1 heterocycles. The number of nitrogens with zero attached hydrogens (tertiary/aromatic N) is 1. The molecular weight excluding hydrogens is 336 g/mol. The van der Waals surface area contributed by atoms with Gasteiger partial charge in [-0.15, -0.1) is 0 Å². The van der Waals surface area contributed by atoms with Crippen LogP contribution in [0.2, 0.25) is 5.02 Å². The molecule has 1 fully saturated rings. The Kier molecular flexibility index (Phi) is 5.71. The third kappa shape index (κ3) is 4.40. The monoisotopic (exact) mass is 356 g/mol. The molecule has 5 heteroatoms. The molecule has 0 saturated carbocycles. The van der Waals surface area contributed by atoms with Crippen LogP contribution in [0, 0.1) is 0 Å². The summed E-state index contributed by atoms with van der Waals surface area (Å²) >= 11 is 6.08. The maximum Gasteiger partial charge on any atom is 0.255 e. The molecule has 2 aromatic carbocycles. The molecule has 2 aromatic rings. The molecule has 0 atom stereocenters. The molecule has 1 N–H and O–H groups in total. The number of para-hydroxylation sites is 1. The largest absolute Gasteiger partial charge is 0.339 e. The lowest BCUT2D eigenvalue weighted by Gasteiger charge is -2.20. The van der Waals surface area contributed by atoms with E-state index in [1.165, 1.54) is 12.8 Å². The van der Waals surface area contributed by atoms with Gasteiger partial charge in [0.25, 0.3) is 11.8 Å². The Labute approximate surface area is 152 Å². The lowest BCUT2D eigenvalue weighted by Crippen LogP contribution is -2.32. The molecule has 1 aliphatic heterocycles. The quantitative estimate of drug-likeness (QED) is 0.873. The minimum Gasteiger partial charge on any atom is -0.339 e. The van der Waals surface area contributed by atoms with Crippen molar-refractivity contribution in [3.8, 4) is 0 Å². The van der Waals surface area contributed by atoms with Gasteiger partial charge in [0, 0.05) is 24.2 Å². The number of benzene rings is 2. The summed E-state index contributed by atoms with van der Waals surface area (Å²) in [6.45, 7) is 1.57. The lowest BCUT2D eigenvalue weighted by atomic mass is 10.1. The Bertz CT molecular complexity index is 768. The number of anilines is 1. The van der Waals surface area contributed by atoms with Crippen LogP contribution in [0.1, 0.15) is 46.4 Å². The van der Waals surface area contributed by atoms with Gasteiger partial charge >= 0.3 is 0 Å². The number of amides is 2. The minimum absolute atomic E-state index is 0.00528. The van der Waals surface area contributed by atoms with Crippen molar-refractivity contribution >= 4 is 29.1 Å². The Hall–Kier alpha value is -2.33. The highest BCUT2D eigenvalue weighted by atomic mass is 35.5. The third-order valence-corrected chi connectivity index (χ3v) is 4.72. The van der Waals surface area contributed by atoms with Crippen LogP contribution in [0.15, 0.2) is 48.5 Å². The molecule has 0 radical (unpaired) electrons. The Morgan fingerprint density at radius 2 is 1.56 bits per heavy atom. The van der Waals surface area contributed by atoms with E-state index in [0.29, 0.717) is 21.8 Å². The third-order valence-electron chi connectivity index (χ3n) is 4.39. The van der Waals surface area contributed by atoms with Gasteiger partial charge in [0.05, 0.1) is 10.7 Å². The van der Waals surface area contributed by atoms with Crippen molar-refractivity contribution in [1.29, 1.82) is 0 Å². The van der Waals surface area contributed by atoms with E-state index in [1.807, 2.05) is 4.90 Å². The fraction of sp³-hybridized carbons (Fsp3) is 0.300. The van der Waals surface area contributed by atoms with Crippen LogP contribution < -0.4 is 5.32 Å². The number of carbonyl (C=O) groups excluding carboxylic acids is 2. The fourth-order valence-corrected chi connectivity index (χ4v) is 3.19. The SMILES string of the molecule is O=C(Nc1ccccc1Cl)c1cccc(C(=O)N2CCCCCC2)c1. The first-order valence-corrected chi connectivity index (χ1v) is 8.98. The highest BCUT2D eigenvalue weighted by Crippen LogP contribution is 2.21. The average molecular weight is 357 g/mol. The van der Waals surface area contributed by atoms with Gasteiger partial charge in [-0.05, 0) is 43.2 Å². The first-order valence-electron chi connectivity index (χ1n) is 8.60. The van der Waals surface area contributed by atoms with Gasteiger partial charge in [-0.2, -0.15) is 0 Å². The molecule has 0 unspecified atom stereocenters. The second-order valence-corrected chi connectivity index (χ2v) is 6.63. The van der Waals surface area contributed by atoms with E-state index in [-0.39, 0.29) is 11.8 Å². The second kappa shape index (κ2) is 8.17. The number of hydrogen-bond donors (Lipinski definition) is 1. The first-order chi connectivity index (χ1) is 12.1. The van der Waals surface area contributed by atoms with E-state index in [1.54, 1.807) is 48.5 Å². The highest BCUT2D eigenvalue weighted by Gasteiger charge is 2.18. The van der Waals surface area contributed by atoms with Crippen molar-refractivity contribution in [2.24, 2.45) is 0 Å². The van der Waals surface area contributed by atoms with E-state index < -0.39 is 0 Å². The predicted octanol–water partition coefficient (Wildman–Crippen LogP) is 4.61. The lowest BCUT2D eigenvalue weighted by molar-refractivity contribution is 0.0761. The van der Waals surface area contributed by atoms with Gasteiger partial charge in [-0.1, -0.05) is 42.6 Å². The summed E-state index contributed by atoms with van der Waals surface area (Å²) in [6.07, 6.45) is 4.42. The molecule has 25 heavy (non-hydrogen) atoms. The normalized spacial score (nSPS) is 14.7. The van der Waals surface area contributed by atoms with Gasteiger partial charge in [0.15, 0.2) is 0 Å². The Balaban J connectivity index is 1.75. The van der Waals surface area contributed by atoms with Crippen LogP contribution in [-0.4, -0.2) is 29.8 Å². The molecule has 3 rings (SSSR count). The molecule has 0 bridgehead atoms. The van der Waals surface area contributed by atoms with Crippen LogP contribution in [0.5, 0.6) is 0 Å². The predicted molar refractivity (Wildman–Crippen MR) is 100 cm³/mol. The Morgan fingerprint density at radius 3 is 2.28 bits per heavy atom. The molecule has 0 spiro atoms. The van der Waals surface area contributed by atoms with Gasteiger partial charge in [0.1, 0.15) is 0 Å². The zero-order valence-electron chi connectivity index (χ0n) is 14.0. The zero-order chi connectivity index (χ0) is 17.6. The second-order valence-electron chi connectivity index (χ2n) is 6.22.